The molecule has 116 valence electrons. The minimum absolute atomic E-state index is 0.0464. The van der Waals surface area contributed by atoms with Crippen molar-refractivity contribution in [2.75, 3.05) is 25.5 Å². The second-order valence-corrected chi connectivity index (χ2v) is 6.92. The molecule has 21 heavy (non-hydrogen) atoms. The van der Waals surface area contributed by atoms with Crippen LogP contribution >= 0.6 is 15.9 Å². The average Bonchev–Trinajstić information content (AvgIpc) is 2.50. The maximum absolute atomic E-state index is 12.7. The second kappa shape index (κ2) is 6.79. The Labute approximate surface area is 134 Å². The number of carbonyl (C=O) groups excluding carboxylic acids is 1. The third-order valence-electron chi connectivity index (χ3n) is 4.32. The summed E-state index contributed by atoms with van der Waals surface area (Å²) in [6.07, 6.45) is 2.22. The van der Waals surface area contributed by atoms with E-state index in [1.54, 1.807) is 7.11 Å². The number of hydrogen-bond acceptors (Lipinski definition) is 3. The zero-order chi connectivity index (χ0) is 15.5. The number of rotatable bonds is 4. The predicted molar refractivity (Wildman–Crippen MR) is 88.7 cm³/mol. The standard InChI is InChI=1S/C16H23BrN2O2/c1-16(2,11-5-4-8-18-10-11)15(20)19-14-9-12(21-3)6-7-13(14)17/h6-7,9,11,18H,4-5,8,10H2,1-3H3,(H,19,20). The highest BCUT2D eigenvalue weighted by atomic mass is 79.9. The summed E-state index contributed by atoms with van der Waals surface area (Å²) in [5.41, 5.74) is 0.340. The van der Waals surface area contributed by atoms with Crippen LogP contribution in [-0.2, 0) is 4.79 Å². The number of halogens is 1. The molecule has 2 rings (SSSR count). The summed E-state index contributed by atoms with van der Waals surface area (Å²) in [5.74, 6) is 1.13. The van der Waals surface area contributed by atoms with Crippen molar-refractivity contribution in [1.29, 1.82) is 0 Å². The summed E-state index contributed by atoms with van der Waals surface area (Å²) >= 11 is 3.47. The molecule has 5 heteroatoms. The van der Waals surface area contributed by atoms with Crippen LogP contribution in [0.2, 0.25) is 0 Å². The monoisotopic (exact) mass is 354 g/mol. The SMILES string of the molecule is COc1ccc(Br)c(NC(=O)C(C)(C)C2CCCNC2)c1. The molecule has 1 unspecified atom stereocenters. The summed E-state index contributed by atoms with van der Waals surface area (Å²) in [5, 5.41) is 6.41. The minimum atomic E-state index is -0.407. The Morgan fingerprint density at radius 3 is 2.86 bits per heavy atom. The number of methoxy groups -OCH3 is 1. The normalized spacial score (nSPS) is 19.1. The fraction of sp³-hybridized carbons (Fsp3) is 0.562. The highest BCUT2D eigenvalue weighted by molar-refractivity contribution is 9.10. The molecule has 4 nitrogen and oxygen atoms in total. The lowest BCUT2D eigenvalue weighted by Gasteiger charge is -2.36. The van der Waals surface area contributed by atoms with E-state index in [9.17, 15) is 4.79 Å². The molecular formula is C16H23BrN2O2. The van der Waals surface area contributed by atoms with Crippen molar-refractivity contribution >= 4 is 27.5 Å². The number of carbonyl (C=O) groups is 1. The van der Waals surface area contributed by atoms with E-state index in [4.69, 9.17) is 4.74 Å². The molecule has 2 N–H and O–H groups in total. The summed E-state index contributed by atoms with van der Waals surface area (Å²) < 4.78 is 6.07. The van der Waals surface area contributed by atoms with E-state index in [0.29, 0.717) is 5.92 Å². The van der Waals surface area contributed by atoms with Crippen LogP contribution in [0.25, 0.3) is 0 Å². The lowest BCUT2D eigenvalue weighted by atomic mass is 9.74. The smallest absolute Gasteiger partial charge is 0.230 e. The van der Waals surface area contributed by atoms with Crippen molar-refractivity contribution in [1.82, 2.24) is 5.32 Å². The summed E-state index contributed by atoms with van der Waals surface area (Å²) in [7, 11) is 1.62. The molecule has 1 aliphatic heterocycles. The van der Waals surface area contributed by atoms with Gasteiger partial charge in [0.25, 0.3) is 0 Å². The van der Waals surface area contributed by atoms with Gasteiger partial charge >= 0.3 is 0 Å². The number of anilines is 1. The van der Waals surface area contributed by atoms with Gasteiger partial charge in [0.05, 0.1) is 12.8 Å². The maximum atomic E-state index is 12.7. The van der Waals surface area contributed by atoms with E-state index in [1.807, 2.05) is 32.0 Å². The zero-order valence-electron chi connectivity index (χ0n) is 12.8. The van der Waals surface area contributed by atoms with Crippen molar-refractivity contribution in [3.05, 3.63) is 22.7 Å². The van der Waals surface area contributed by atoms with Crippen molar-refractivity contribution in [3.63, 3.8) is 0 Å². The number of nitrogens with one attached hydrogen (secondary N) is 2. The second-order valence-electron chi connectivity index (χ2n) is 6.06. The van der Waals surface area contributed by atoms with Gasteiger partial charge in [-0.15, -0.1) is 0 Å². The van der Waals surface area contributed by atoms with Crippen molar-refractivity contribution in [3.8, 4) is 5.75 Å². The maximum Gasteiger partial charge on any atom is 0.230 e. The van der Waals surface area contributed by atoms with Crippen LogP contribution in [0.1, 0.15) is 26.7 Å². The van der Waals surface area contributed by atoms with E-state index < -0.39 is 5.41 Å². The Morgan fingerprint density at radius 2 is 2.24 bits per heavy atom. The van der Waals surface area contributed by atoms with E-state index in [1.165, 1.54) is 0 Å². The van der Waals surface area contributed by atoms with Gasteiger partial charge in [0.1, 0.15) is 5.75 Å². The van der Waals surface area contributed by atoms with Gasteiger partial charge in [-0.05, 0) is 59.9 Å². The van der Waals surface area contributed by atoms with Crippen LogP contribution in [0, 0.1) is 11.3 Å². The number of ether oxygens (including phenoxy) is 1. The number of piperidine rings is 1. The van der Waals surface area contributed by atoms with Gasteiger partial charge in [0, 0.05) is 16.0 Å². The average molecular weight is 355 g/mol. The van der Waals surface area contributed by atoms with Crippen molar-refractivity contribution < 1.29 is 9.53 Å². The highest BCUT2D eigenvalue weighted by Gasteiger charge is 2.37. The van der Waals surface area contributed by atoms with Gasteiger partial charge in [-0.25, -0.2) is 0 Å². The van der Waals surface area contributed by atoms with Crippen LogP contribution in [0.15, 0.2) is 22.7 Å². The van der Waals surface area contributed by atoms with Crippen molar-refractivity contribution in [2.24, 2.45) is 11.3 Å². The molecule has 1 aromatic rings. The number of amides is 1. The van der Waals surface area contributed by atoms with Crippen LogP contribution in [0.4, 0.5) is 5.69 Å². The largest absolute Gasteiger partial charge is 0.497 e. The molecule has 1 saturated heterocycles. The Balaban J connectivity index is 2.12. The molecule has 1 heterocycles. The topological polar surface area (TPSA) is 50.4 Å². The van der Waals surface area contributed by atoms with E-state index >= 15 is 0 Å². The first-order valence-electron chi connectivity index (χ1n) is 7.31. The molecule has 1 aliphatic rings. The van der Waals surface area contributed by atoms with E-state index in [2.05, 4.69) is 26.6 Å². The van der Waals surface area contributed by atoms with E-state index in [0.717, 1.165) is 41.8 Å². The Bertz CT molecular complexity index is 511. The van der Waals surface area contributed by atoms with Crippen LogP contribution in [-0.4, -0.2) is 26.1 Å². The first kappa shape index (κ1) is 16.3. The molecule has 0 spiro atoms. The van der Waals surface area contributed by atoms with Gasteiger partial charge in [-0.1, -0.05) is 13.8 Å². The lowest BCUT2D eigenvalue weighted by molar-refractivity contribution is -0.127. The lowest BCUT2D eigenvalue weighted by Crippen LogP contribution is -2.44. The molecule has 1 fully saturated rings. The molecule has 1 atom stereocenters. The molecule has 0 bridgehead atoms. The van der Waals surface area contributed by atoms with Crippen molar-refractivity contribution in [2.45, 2.75) is 26.7 Å². The third-order valence-corrected chi connectivity index (χ3v) is 5.02. The van der Waals surface area contributed by atoms with Gasteiger partial charge in [0.2, 0.25) is 5.91 Å². The molecule has 0 radical (unpaired) electrons. The molecule has 0 aromatic heterocycles. The van der Waals surface area contributed by atoms with Gasteiger partial charge in [0.15, 0.2) is 0 Å². The quantitative estimate of drug-likeness (QED) is 0.870. The third kappa shape index (κ3) is 3.77. The number of benzene rings is 1. The fourth-order valence-corrected chi connectivity index (χ4v) is 3.01. The Hall–Kier alpha value is -1.07. The van der Waals surface area contributed by atoms with E-state index in [-0.39, 0.29) is 5.91 Å². The predicted octanol–water partition coefficient (Wildman–Crippen LogP) is 3.42. The first-order chi connectivity index (χ1) is 9.95. The summed E-state index contributed by atoms with van der Waals surface area (Å²) in [4.78, 5) is 12.7. The highest BCUT2D eigenvalue weighted by Crippen LogP contribution is 2.34. The summed E-state index contributed by atoms with van der Waals surface area (Å²) in [6, 6.07) is 5.57. The van der Waals surface area contributed by atoms with Crippen LogP contribution in [0.3, 0.4) is 0 Å². The molecular weight excluding hydrogens is 332 g/mol. The van der Waals surface area contributed by atoms with Gasteiger partial charge < -0.3 is 15.4 Å². The Morgan fingerprint density at radius 1 is 1.48 bits per heavy atom. The molecule has 1 aromatic carbocycles. The van der Waals surface area contributed by atoms with Gasteiger partial charge in [-0.3, -0.25) is 4.79 Å². The first-order valence-corrected chi connectivity index (χ1v) is 8.10. The zero-order valence-corrected chi connectivity index (χ0v) is 14.4. The van der Waals surface area contributed by atoms with Crippen LogP contribution in [0.5, 0.6) is 5.75 Å². The minimum Gasteiger partial charge on any atom is -0.497 e. The molecule has 0 aliphatic carbocycles. The van der Waals surface area contributed by atoms with Crippen LogP contribution < -0.4 is 15.4 Å². The Kier molecular flexibility index (Phi) is 5.27. The summed E-state index contributed by atoms with van der Waals surface area (Å²) in [6.45, 7) is 6.00. The molecule has 1 amide bonds. The van der Waals surface area contributed by atoms with Gasteiger partial charge in [-0.2, -0.15) is 0 Å². The number of hydrogen-bond donors (Lipinski definition) is 2. The fourth-order valence-electron chi connectivity index (χ4n) is 2.66. The molecule has 0 saturated carbocycles.